The van der Waals surface area contributed by atoms with Gasteiger partial charge in [0.05, 0.1) is 19.1 Å². The van der Waals surface area contributed by atoms with Crippen molar-refractivity contribution in [1.82, 2.24) is 25.3 Å². The number of hydrogen-bond acceptors (Lipinski definition) is 7. The summed E-state index contributed by atoms with van der Waals surface area (Å²) in [7, 11) is 6.05. The molecule has 0 radical (unpaired) electrons. The first kappa shape index (κ1) is 33.4. The van der Waals surface area contributed by atoms with Crippen LogP contribution in [0.1, 0.15) is 55.6 Å². The minimum Gasteiger partial charge on any atom is -0.332 e. The van der Waals surface area contributed by atoms with Gasteiger partial charge in [-0.05, 0) is 90.4 Å². The van der Waals surface area contributed by atoms with Crippen LogP contribution in [-0.2, 0) is 14.4 Å². The Morgan fingerprint density at radius 3 is 2.17 bits per heavy atom. The Morgan fingerprint density at radius 2 is 1.60 bits per heavy atom. The van der Waals surface area contributed by atoms with E-state index >= 15 is 0 Å². The fourth-order valence-electron chi connectivity index (χ4n) is 5.68. The number of nitrogens with zero attached hydrogens (tertiary/aromatic N) is 3. The van der Waals surface area contributed by atoms with Gasteiger partial charge in [-0.15, -0.1) is 0 Å². The topological polar surface area (TPSA) is 111 Å². The maximum absolute atomic E-state index is 13.2. The van der Waals surface area contributed by atoms with Gasteiger partial charge in [0.25, 0.3) is 0 Å². The van der Waals surface area contributed by atoms with Crippen molar-refractivity contribution in [2.45, 2.75) is 56.5 Å². The summed E-state index contributed by atoms with van der Waals surface area (Å²) < 4.78 is 0. The van der Waals surface area contributed by atoms with Crippen molar-refractivity contribution in [3.05, 3.63) is 71.8 Å². The summed E-state index contributed by atoms with van der Waals surface area (Å²) in [5.41, 5.74) is 8.75. The summed E-state index contributed by atoms with van der Waals surface area (Å²) >= 11 is 0. The molecule has 2 atom stereocenters. The smallest absolute Gasteiger partial charge is 0.246 e. The first-order chi connectivity index (χ1) is 20.2. The van der Waals surface area contributed by atoms with Gasteiger partial charge in [-0.2, -0.15) is 0 Å². The van der Waals surface area contributed by atoms with Gasteiger partial charge in [0.2, 0.25) is 17.7 Å². The molecule has 2 unspecified atom stereocenters. The van der Waals surface area contributed by atoms with Crippen molar-refractivity contribution in [3.63, 3.8) is 0 Å². The van der Waals surface area contributed by atoms with Crippen molar-refractivity contribution in [2.75, 3.05) is 60.4 Å². The van der Waals surface area contributed by atoms with E-state index in [2.05, 4.69) is 46.8 Å². The third-order valence-electron chi connectivity index (χ3n) is 8.06. The van der Waals surface area contributed by atoms with E-state index < -0.39 is 17.9 Å². The highest BCUT2D eigenvalue weighted by Gasteiger charge is 2.27. The van der Waals surface area contributed by atoms with Crippen LogP contribution in [0.4, 0.5) is 0 Å². The number of imide groups is 1. The first-order valence-corrected chi connectivity index (χ1v) is 15.3. The standard InChI is InChI=1S/C33H50N6O3/c1-37(2)21-11-23-39(33(42)30(34)18-17-28-16-10-22-38(28)3)25-32(41)36-31(40)24-35-20-19-29(26-12-6-4-7-13-26)27-14-8-5-9-15-27/h4-9,12-15,28-30,35H,10-11,16-25,34H2,1-3H3,(H,36,40,41). The van der Waals surface area contributed by atoms with E-state index in [1.807, 2.05) is 55.4 Å². The van der Waals surface area contributed by atoms with E-state index in [1.165, 1.54) is 22.4 Å². The summed E-state index contributed by atoms with van der Waals surface area (Å²) in [6, 6.07) is 20.4. The zero-order valence-corrected chi connectivity index (χ0v) is 25.6. The molecule has 0 saturated carbocycles. The molecule has 2 aromatic rings. The van der Waals surface area contributed by atoms with Crippen molar-refractivity contribution in [3.8, 4) is 0 Å². The van der Waals surface area contributed by atoms with Crippen molar-refractivity contribution < 1.29 is 14.4 Å². The lowest BCUT2D eigenvalue weighted by molar-refractivity contribution is -0.139. The third kappa shape index (κ3) is 11.3. The zero-order valence-electron chi connectivity index (χ0n) is 25.6. The van der Waals surface area contributed by atoms with Crippen LogP contribution in [0.2, 0.25) is 0 Å². The Labute approximate surface area is 251 Å². The summed E-state index contributed by atoms with van der Waals surface area (Å²) in [5.74, 6) is -0.938. The highest BCUT2D eigenvalue weighted by molar-refractivity contribution is 5.98. The maximum Gasteiger partial charge on any atom is 0.246 e. The van der Waals surface area contributed by atoms with Crippen LogP contribution in [0.15, 0.2) is 60.7 Å². The largest absolute Gasteiger partial charge is 0.332 e. The molecular weight excluding hydrogens is 528 g/mol. The van der Waals surface area contributed by atoms with Crippen molar-refractivity contribution in [1.29, 1.82) is 0 Å². The second-order valence-electron chi connectivity index (χ2n) is 11.7. The van der Waals surface area contributed by atoms with Crippen LogP contribution in [0, 0.1) is 0 Å². The van der Waals surface area contributed by atoms with Crippen LogP contribution >= 0.6 is 0 Å². The predicted octanol–water partition coefficient (Wildman–Crippen LogP) is 2.42. The van der Waals surface area contributed by atoms with Crippen LogP contribution < -0.4 is 16.4 Å². The molecule has 9 heteroatoms. The number of nitrogens with one attached hydrogen (secondary N) is 2. The van der Waals surface area contributed by atoms with Gasteiger partial charge in [-0.1, -0.05) is 60.7 Å². The van der Waals surface area contributed by atoms with Crippen LogP contribution in [0.5, 0.6) is 0 Å². The Kier molecular flexibility index (Phi) is 14.1. The molecule has 42 heavy (non-hydrogen) atoms. The monoisotopic (exact) mass is 578 g/mol. The number of carbonyl (C=O) groups excluding carboxylic acids is 3. The fourth-order valence-corrected chi connectivity index (χ4v) is 5.68. The SMILES string of the molecule is CN(C)CCCN(CC(=O)NC(=O)CNCCC(c1ccccc1)c1ccccc1)C(=O)C(N)CCC1CCCN1C. The molecule has 3 amide bonds. The molecule has 1 saturated heterocycles. The quantitative estimate of drug-likeness (QED) is 0.247. The van der Waals surface area contributed by atoms with E-state index in [9.17, 15) is 14.4 Å². The average Bonchev–Trinajstić information content (AvgIpc) is 3.40. The Bertz CT molecular complexity index is 1060. The minimum absolute atomic E-state index is 0.0189. The number of hydrogen-bond donors (Lipinski definition) is 3. The molecule has 1 aliphatic heterocycles. The number of nitrogens with two attached hydrogens (primary N) is 1. The molecule has 2 aromatic carbocycles. The molecule has 230 valence electrons. The lowest BCUT2D eigenvalue weighted by Crippen LogP contribution is -2.50. The molecule has 1 heterocycles. The molecule has 1 fully saturated rings. The van der Waals surface area contributed by atoms with E-state index in [1.54, 1.807) is 0 Å². The van der Waals surface area contributed by atoms with Gasteiger partial charge in [-0.25, -0.2) is 0 Å². The Hall–Kier alpha value is -3.11. The van der Waals surface area contributed by atoms with Gasteiger partial charge in [0.15, 0.2) is 0 Å². The fraction of sp³-hybridized carbons (Fsp3) is 0.545. The summed E-state index contributed by atoms with van der Waals surface area (Å²) in [6.45, 7) is 2.71. The maximum atomic E-state index is 13.2. The van der Waals surface area contributed by atoms with Crippen LogP contribution in [0.25, 0.3) is 0 Å². The minimum atomic E-state index is -0.661. The lowest BCUT2D eigenvalue weighted by atomic mass is 9.88. The number of amides is 3. The molecule has 9 nitrogen and oxygen atoms in total. The third-order valence-corrected chi connectivity index (χ3v) is 8.06. The summed E-state index contributed by atoms with van der Waals surface area (Å²) in [6.07, 6.45) is 5.25. The Balaban J connectivity index is 1.47. The highest BCUT2D eigenvalue weighted by Crippen LogP contribution is 2.27. The lowest BCUT2D eigenvalue weighted by Gasteiger charge is -2.27. The normalized spacial score (nSPS) is 16.1. The number of likely N-dealkylation sites (tertiary alicyclic amines) is 1. The van der Waals surface area contributed by atoms with E-state index in [0.717, 1.165) is 32.4 Å². The van der Waals surface area contributed by atoms with Gasteiger partial charge >= 0.3 is 0 Å². The van der Waals surface area contributed by atoms with Gasteiger partial charge in [-0.3, -0.25) is 19.7 Å². The van der Waals surface area contributed by atoms with Crippen molar-refractivity contribution >= 4 is 17.7 Å². The molecular formula is C33H50N6O3. The number of benzene rings is 2. The van der Waals surface area contributed by atoms with Gasteiger partial charge in [0.1, 0.15) is 0 Å². The van der Waals surface area contributed by atoms with E-state index in [-0.39, 0.29) is 24.9 Å². The second kappa shape index (κ2) is 17.8. The van der Waals surface area contributed by atoms with Crippen LogP contribution in [0.3, 0.4) is 0 Å². The second-order valence-corrected chi connectivity index (χ2v) is 11.7. The molecule has 0 aliphatic carbocycles. The Morgan fingerprint density at radius 1 is 0.952 bits per heavy atom. The molecule has 0 spiro atoms. The summed E-state index contributed by atoms with van der Waals surface area (Å²) in [4.78, 5) is 44.5. The number of carbonyl (C=O) groups is 3. The number of rotatable bonds is 17. The highest BCUT2D eigenvalue weighted by atomic mass is 16.2. The van der Waals surface area contributed by atoms with Gasteiger partial charge in [0, 0.05) is 18.5 Å². The van der Waals surface area contributed by atoms with E-state index in [4.69, 9.17) is 5.73 Å². The summed E-state index contributed by atoms with van der Waals surface area (Å²) in [5, 5.41) is 5.62. The molecule has 0 aromatic heterocycles. The molecule has 3 rings (SSSR count). The molecule has 1 aliphatic rings. The van der Waals surface area contributed by atoms with Gasteiger partial charge < -0.3 is 25.8 Å². The van der Waals surface area contributed by atoms with Crippen LogP contribution in [-0.4, -0.2) is 105 Å². The average molecular weight is 579 g/mol. The molecule has 4 N–H and O–H groups in total. The molecule has 0 bridgehead atoms. The van der Waals surface area contributed by atoms with Crippen molar-refractivity contribution in [2.24, 2.45) is 5.73 Å². The first-order valence-electron chi connectivity index (χ1n) is 15.3. The van der Waals surface area contributed by atoms with E-state index in [0.29, 0.717) is 32.0 Å². The predicted molar refractivity (Wildman–Crippen MR) is 168 cm³/mol. The zero-order chi connectivity index (χ0) is 30.3.